The lowest BCUT2D eigenvalue weighted by Crippen LogP contribution is -2.22. The first kappa shape index (κ1) is 15.3. The predicted octanol–water partition coefficient (Wildman–Crippen LogP) is 2.37. The molecule has 1 atom stereocenters. The van der Waals surface area contributed by atoms with Crippen LogP contribution in [0.5, 0.6) is 5.75 Å². The molecule has 0 bridgehead atoms. The van der Waals surface area contributed by atoms with E-state index in [-0.39, 0.29) is 18.4 Å². The van der Waals surface area contributed by atoms with Gasteiger partial charge in [0.2, 0.25) is 5.91 Å². The zero-order valence-electron chi connectivity index (χ0n) is 12.3. The van der Waals surface area contributed by atoms with Crippen LogP contribution in [-0.4, -0.2) is 18.6 Å². The Labute approximate surface area is 125 Å². The third kappa shape index (κ3) is 3.95. The smallest absolute Gasteiger partial charge is 0.220 e. The van der Waals surface area contributed by atoms with E-state index in [1.807, 2.05) is 24.3 Å². The molecule has 4 nitrogen and oxygen atoms in total. The van der Waals surface area contributed by atoms with Gasteiger partial charge in [-0.2, -0.15) is 0 Å². The highest BCUT2D eigenvalue weighted by Gasteiger charge is 2.12. The van der Waals surface area contributed by atoms with Gasteiger partial charge in [-0.25, -0.2) is 0 Å². The number of carbonyl (C=O) groups excluding carboxylic acids is 1. The van der Waals surface area contributed by atoms with Gasteiger partial charge in [-0.05, 0) is 29.7 Å². The maximum absolute atomic E-state index is 10.8. The molecule has 0 aliphatic rings. The standard InChI is InChI=1S/C17H22N2O2/c1-2-13(18)11-15-14-6-4-3-5-12(14)7-8-16(15)21-10-9-17(19)20/h3-8,13H,2,9-11,18H2,1H3,(H2,19,20). The zero-order chi connectivity index (χ0) is 15.2. The van der Waals surface area contributed by atoms with E-state index in [1.54, 1.807) is 0 Å². The molecule has 0 radical (unpaired) electrons. The van der Waals surface area contributed by atoms with Crippen LogP contribution >= 0.6 is 0 Å². The van der Waals surface area contributed by atoms with Gasteiger partial charge in [-0.1, -0.05) is 37.3 Å². The van der Waals surface area contributed by atoms with E-state index in [2.05, 4.69) is 19.1 Å². The highest BCUT2D eigenvalue weighted by molar-refractivity contribution is 5.87. The molecule has 0 heterocycles. The molecule has 4 N–H and O–H groups in total. The summed E-state index contributed by atoms with van der Waals surface area (Å²) in [5.74, 6) is 0.432. The molecule has 0 saturated heterocycles. The van der Waals surface area contributed by atoms with Gasteiger partial charge in [0.05, 0.1) is 13.0 Å². The van der Waals surface area contributed by atoms with Crippen LogP contribution in [0.1, 0.15) is 25.3 Å². The molecule has 0 saturated carbocycles. The van der Waals surface area contributed by atoms with Crippen molar-refractivity contribution in [3.63, 3.8) is 0 Å². The van der Waals surface area contributed by atoms with Gasteiger partial charge in [0.15, 0.2) is 0 Å². The second-order valence-electron chi connectivity index (χ2n) is 5.20. The number of amides is 1. The van der Waals surface area contributed by atoms with Crippen LogP contribution in [0.25, 0.3) is 10.8 Å². The quantitative estimate of drug-likeness (QED) is 0.820. The molecule has 2 aromatic carbocycles. The average molecular weight is 286 g/mol. The normalized spacial score (nSPS) is 12.3. The van der Waals surface area contributed by atoms with E-state index in [4.69, 9.17) is 16.2 Å². The third-order valence-corrected chi connectivity index (χ3v) is 3.59. The largest absolute Gasteiger partial charge is 0.493 e. The Kier molecular flexibility index (Phi) is 5.17. The van der Waals surface area contributed by atoms with E-state index in [0.717, 1.165) is 34.9 Å². The van der Waals surface area contributed by atoms with Crippen molar-refractivity contribution >= 4 is 16.7 Å². The van der Waals surface area contributed by atoms with Gasteiger partial charge in [0.1, 0.15) is 5.75 Å². The summed E-state index contributed by atoms with van der Waals surface area (Å²) in [5, 5.41) is 2.32. The number of benzene rings is 2. The van der Waals surface area contributed by atoms with Crippen molar-refractivity contribution in [2.75, 3.05) is 6.61 Å². The Balaban J connectivity index is 2.33. The fourth-order valence-electron chi connectivity index (χ4n) is 2.33. The fraction of sp³-hybridized carbons (Fsp3) is 0.353. The Morgan fingerprint density at radius 1 is 1.24 bits per heavy atom. The summed E-state index contributed by atoms with van der Waals surface area (Å²) in [7, 11) is 0. The third-order valence-electron chi connectivity index (χ3n) is 3.59. The molecule has 2 aromatic rings. The number of primary amides is 1. The molecule has 1 amide bonds. The van der Waals surface area contributed by atoms with Crippen molar-refractivity contribution in [3.8, 4) is 5.75 Å². The molecule has 0 aliphatic carbocycles. The number of nitrogens with two attached hydrogens (primary N) is 2. The molecular weight excluding hydrogens is 264 g/mol. The van der Waals surface area contributed by atoms with E-state index >= 15 is 0 Å². The van der Waals surface area contributed by atoms with Crippen molar-refractivity contribution in [1.82, 2.24) is 0 Å². The van der Waals surface area contributed by atoms with Crippen LogP contribution in [-0.2, 0) is 11.2 Å². The maximum atomic E-state index is 10.8. The molecule has 0 spiro atoms. The lowest BCUT2D eigenvalue weighted by atomic mass is 9.97. The van der Waals surface area contributed by atoms with Crippen molar-refractivity contribution in [2.45, 2.75) is 32.2 Å². The summed E-state index contributed by atoms with van der Waals surface area (Å²) in [5.41, 5.74) is 12.4. The first-order valence-electron chi connectivity index (χ1n) is 7.29. The average Bonchev–Trinajstić information content (AvgIpc) is 2.48. The van der Waals surface area contributed by atoms with Crippen molar-refractivity contribution < 1.29 is 9.53 Å². The molecule has 112 valence electrons. The minimum atomic E-state index is -0.359. The molecule has 21 heavy (non-hydrogen) atoms. The first-order valence-corrected chi connectivity index (χ1v) is 7.29. The van der Waals surface area contributed by atoms with E-state index in [9.17, 15) is 4.79 Å². The van der Waals surface area contributed by atoms with Crippen LogP contribution in [0.2, 0.25) is 0 Å². The molecule has 4 heteroatoms. The maximum Gasteiger partial charge on any atom is 0.220 e. The number of rotatable bonds is 7. The number of carbonyl (C=O) groups is 1. The van der Waals surface area contributed by atoms with Gasteiger partial charge < -0.3 is 16.2 Å². The Bertz CT molecular complexity index is 625. The summed E-state index contributed by atoms with van der Waals surface area (Å²) >= 11 is 0. The Hall–Kier alpha value is -2.07. The number of hydrogen-bond donors (Lipinski definition) is 2. The molecule has 2 rings (SSSR count). The van der Waals surface area contributed by atoms with Crippen LogP contribution in [0.15, 0.2) is 36.4 Å². The summed E-state index contributed by atoms with van der Waals surface area (Å²) in [6, 6.07) is 12.2. The summed E-state index contributed by atoms with van der Waals surface area (Å²) in [4.78, 5) is 10.8. The van der Waals surface area contributed by atoms with E-state index < -0.39 is 0 Å². The van der Waals surface area contributed by atoms with Gasteiger partial charge in [-0.15, -0.1) is 0 Å². The molecule has 1 unspecified atom stereocenters. The second-order valence-corrected chi connectivity index (χ2v) is 5.20. The lowest BCUT2D eigenvalue weighted by molar-refractivity contribution is -0.118. The Morgan fingerprint density at radius 2 is 2.00 bits per heavy atom. The number of ether oxygens (including phenoxy) is 1. The van der Waals surface area contributed by atoms with Crippen molar-refractivity contribution in [1.29, 1.82) is 0 Å². The minimum absolute atomic E-state index is 0.0919. The van der Waals surface area contributed by atoms with Crippen LogP contribution < -0.4 is 16.2 Å². The van der Waals surface area contributed by atoms with Crippen molar-refractivity contribution in [3.05, 3.63) is 42.0 Å². The van der Waals surface area contributed by atoms with Crippen LogP contribution in [0, 0.1) is 0 Å². The summed E-state index contributed by atoms with van der Waals surface area (Å²) in [6.07, 6.45) is 1.87. The molecule has 0 aliphatic heterocycles. The van der Waals surface area contributed by atoms with Gasteiger partial charge >= 0.3 is 0 Å². The minimum Gasteiger partial charge on any atom is -0.493 e. The fourth-order valence-corrected chi connectivity index (χ4v) is 2.33. The number of fused-ring (bicyclic) bond motifs is 1. The first-order chi connectivity index (χ1) is 10.1. The molecule has 0 fully saturated rings. The van der Waals surface area contributed by atoms with Gasteiger partial charge in [0.25, 0.3) is 0 Å². The van der Waals surface area contributed by atoms with Crippen molar-refractivity contribution in [2.24, 2.45) is 11.5 Å². The highest BCUT2D eigenvalue weighted by Crippen LogP contribution is 2.29. The zero-order valence-corrected chi connectivity index (χ0v) is 12.3. The summed E-state index contributed by atoms with van der Waals surface area (Å²) < 4.78 is 5.75. The van der Waals surface area contributed by atoms with E-state index in [1.165, 1.54) is 0 Å². The topological polar surface area (TPSA) is 78.3 Å². The van der Waals surface area contributed by atoms with Crippen LogP contribution in [0.3, 0.4) is 0 Å². The molecule has 0 aromatic heterocycles. The monoisotopic (exact) mass is 286 g/mol. The van der Waals surface area contributed by atoms with Gasteiger partial charge in [0, 0.05) is 11.6 Å². The lowest BCUT2D eigenvalue weighted by Gasteiger charge is -2.16. The Morgan fingerprint density at radius 3 is 2.71 bits per heavy atom. The van der Waals surface area contributed by atoms with Gasteiger partial charge in [-0.3, -0.25) is 4.79 Å². The number of hydrogen-bond acceptors (Lipinski definition) is 3. The van der Waals surface area contributed by atoms with E-state index in [0.29, 0.717) is 6.61 Å². The molecular formula is C17H22N2O2. The SMILES string of the molecule is CCC(N)Cc1c(OCCC(N)=O)ccc2ccccc12. The second kappa shape index (κ2) is 7.09. The predicted molar refractivity (Wildman–Crippen MR) is 85.2 cm³/mol. The van der Waals surface area contributed by atoms with Crippen LogP contribution in [0.4, 0.5) is 0 Å². The highest BCUT2D eigenvalue weighted by atomic mass is 16.5. The summed E-state index contributed by atoms with van der Waals surface area (Å²) in [6.45, 7) is 2.37.